The molecule has 1 fully saturated rings. The van der Waals surface area contributed by atoms with Crippen molar-refractivity contribution in [1.82, 2.24) is 5.32 Å². The second-order valence-corrected chi connectivity index (χ2v) is 6.45. The molecule has 114 valence electrons. The van der Waals surface area contributed by atoms with E-state index in [0.717, 1.165) is 32.1 Å². The highest BCUT2D eigenvalue weighted by molar-refractivity contribution is 7.80. The topological polar surface area (TPSA) is 55.1 Å². The molecule has 0 heterocycles. The minimum absolute atomic E-state index is 0.0211. The average molecular weight is 304 g/mol. The molecule has 0 bridgehead atoms. The van der Waals surface area contributed by atoms with E-state index in [2.05, 4.69) is 24.4 Å². The van der Waals surface area contributed by atoms with Gasteiger partial charge < -0.3 is 11.1 Å². The van der Waals surface area contributed by atoms with Gasteiger partial charge in [0.25, 0.3) is 0 Å². The van der Waals surface area contributed by atoms with Crippen molar-refractivity contribution in [2.45, 2.75) is 44.9 Å². The van der Waals surface area contributed by atoms with Crippen LogP contribution in [-0.2, 0) is 4.79 Å². The fraction of sp³-hybridized carbons (Fsp3) is 0.529. The summed E-state index contributed by atoms with van der Waals surface area (Å²) in [6, 6.07) is 10.4. The maximum Gasteiger partial charge on any atom is 0.233 e. The molecule has 2 rings (SSSR count). The van der Waals surface area contributed by atoms with Gasteiger partial charge in [-0.05, 0) is 30.7 Å². The normalized spacial score (nSPS) is 18.1. The zero-order valence-electron chi connectivity index (χ0n) is 12.6. The Bertz CT molecular complexity index is 495. The Morgan fingerprint density at radius 1 is 1.33 bits per heavy atom. The molecule has 1 aliphatic carbocycles. The third-order valence-electron chi connectivity index (χ3n) is 4.59. The summed E-state index contributed by atoms with van der Waals surface area (Å²) >= 11 is 5.14. The van der Waals surface area contributed by atoms with Gasteiger partial charge in [-0.25, -0.2) is 0 Å². The zero-order chi connectivity index (χ0) is 15.3. The SMILES string of the molecule is CC(CCNC(=O)C1(C(N)=S)CCCC1)c1ccccc1. The van der Waals surface area contributed by atoms with Gasteiger partial charge >= 0.3 is 0 Å². The number of hydrogen-bond acceptors (Lipinski definition) is 2. The molecule has 21 heavy (non-hydrogen) atoms. The first kappa shape index (κ1) is 16.0. The van der Waals surface area contributed by atoms with Crippen LogP contribution >= 0.6 is 12.2 Å². The fourth-order valence-corrected chi connectivity index (χ4v) is 3.38. The highest BCUT2D eigenvalue weighted by Gasteiger charge is 2.43. The van der Waals surface area contributed by atoms with Gasteiger partial charge in [0.05, 0.1) is 10.4 Å². The van der Waals surface area contributed by atoms with Crippen LogP contribution in [0.3, 0.4) is 0 Å². The molecular weight excluding hydrogens is 280 g/mol. The molecule has 4 heteroatoms. The molecule has 0 radical (unpaired) electrons. The van der Waals surface area contributed by atoms with Gasteiger partial charge in [0, 0.05) is 6.54 Å². The number of thiocarbonyl (C=S) groups is 1. The van der Waals surface area contributed by atoms with Crippen LogP contribution in [0.5, 0.6) is 0 Å². The van der Waals surface area contributed by atoms with Crippen LogP contribution in [0, 0.1) is 5.41 Å². The second-order valence-electron chi connectivity index (χ2n) is 6.01. The lowest BCUT2D eigenvalue weighted by molar-refractivity contribution is -0.127. The van der Waals surface area contributed by atoms with E-state index in [4.69, 9.17) is 18.0 Å². The summed E-state index contributed by atoms with van der Waals surface area (Å²) in [5, 5.41) is 3.04. The number of nitrogens with two attached hydrogens (primary N) is 1. The molecule has 1 unspecified atom stereocenters. The Morgan fingerprint density at radius 2 is 1.95 bits per heavy atom. The number of benzene rings is 1. The number of carbonyl (C=O) groups excluding carboxylic acids is 1. The smallest absolute Gasteiger partial charge is 0.233 e. The number of hydrogen-bond donors (Lipinski definition) is 2. The maximum absolute atomic E-state index is 12.4. The van der Waals surface area contributed by atoms with Crippen LogP contribution in [0.4, 0.5) is 0 Å². The van der Waals surface area contributed by atoms with Gasteiger partial charge in [-0.2, -0.15) is 0 Å². The second kappa shape index (κ2) is 7.03. The lowest BCUT2D eigenvalue weighted by Gasteiger charge is -2.26. The first-order valence-corrected chi connectivity index (χ1v) is 8.10. The zero-order valence-corrected chi connectivity index (χ0v) is 13.4. The summed E-state index contributed by atoms with van der Waals surface area (Å²) in [6.45, 7) is 2.85. The highest BCUT2D eigenvalue weighted by atomic mass is 32.1. The Labute approximate surface area is 132 Å². The van der Waals surface area contributed by atoms with E-state index in [0.29, 0.717) is 17.5 Å². The molecule has 0 spiro atoms. The van der Waals surface area contributed by atoms with Crippen LogP contribution in [0.15, 0.2) is 30.3 Å². The van der Waals surface area contributed by atoms with Gasteiger partial charge in [0.15, 0.2) is 0 Å². The van der Waals surface area contributed by atoms with Gasteiger partial charge in [0.2, 0.25) is 5.91 Å². The number of rotatable bonds is 6. The molecule has 1 amide bonds. The predicted octanol–water partition coefficient (Wildman–Crippen LogP) is 3.14. The molecule has 1 aromatic carbocycles. The molecule has 0 aromatic heterocycles. The van der Waals surface area contributed by atoms with Crippen molar-refractivity contribution in [3.05, 3.63) is 35.9 Å². The molecule has 1 atom stereocenters. The van der Waals surface area contributed by atoms with Gasteiger partial charge in [0.1, 0.15) is 0 Å². The van der Waals surface area contributed by atoms with Crippen molar-refractivity contribution in [1.29, 1.82) is 0 Å². The Balaban J connectivity index is 1.85. The summed E-state index contributed by atoms with van der Waals surface area (Å²) in [5.41, 5.74) is 6.54. The van der Waals surface area contributed by atoms with Crippen LogP contribution in [0.1, 0.15) is 50.5 Å². The van der Waals surface area contributed by atoms with Crippen LogP contribution in [0.25, 0.3) is 0 Å². The van der Waals surface area contributed by atoms with E-state index >= 15 is 0 Å². The van der Waals surface area contributed by atoms with E-state index in [1.165, 1.54) is 5.56 Å². The van der Waals surface area contributed by atoms with E-state index in [1.807, 2.05) is 18.2 Å². The van der Waals surface area contributed by atoms with Gasteiger partial charge in [-0.15, -0.1) is 0 Å². The average Bonchev–Trinajstić information content (AvgIpc) is 2.99. The number of amides is 1. The number of nitrogens with one attached hydrogen (secondary N) is 1. The van der Waals surface area contributed by atoms with Crippen molar-refractivity contribution in [3.8, 4) is 0 Å². The molecular formula is C17H24N2OS. The van der Waals surface area contributed by atoms with Crippen LogP contribution < -0.4 is 11.1 Å². The highest BCUT2D eigenvalue weighted by Crippen LogP contribution is 2.38. The van der Waals surface area contributed by atoms with Crippen molar-refractivity contribution in [3.63, 3.8) is 0 Å². The van der Waals surface area contributed by atoms with Crippen molar-refractivity contribution >= 4 is 23.1 Å². The van der Waals surface area contributed by atoms with Crippen molar-refractivity contribution in [2.75, 3.05) is 6.54 Å². The summed E-state index contributed by atoms with van der Waals surface area (Å²) in [7, 11) is 0. The summed E-state index contributed by atoms with van der Waals surface area (Å²) in [4.78, 5) is 12.8. The Kier molecular flexibility index (Phi) is 5.34. The quantitative estimate of drug-likeness (QED) is 0.794. The first-order valence-electron chi connectivity index (χ1n) is 7.69. The van der Waals surface area contributed by atoms with E-state index < -0.39 is 5.41 Å². The third kappa shape index (κ3) is 3.62. The summed E-state index contributed by atoms with van der Waals surface area (Å²) in [5.74, 6) is 0.448. The monoisotopic (exact) mass is 304 g/mol. The minimum Gasteiger partial charge on any atom is -0.392 e. The largest absolute Gasteiger partial charge is 0.392 e. The van der Waals surface area contributed by atoms with Crippen LogP contribution in [-0.4, -0.2) is 17.4 Å². The standard InChI is InChI=1S/C17H24N2OS/c1-13(14-7-3-2-4-8-14)9-12-19-16(20)17(15(18)21)10-5-6-11-17/h2-4,7-8,13H,5-6,9-12H2,1H3,(H2,18,21)(H,19,20). The maximum atomic E-state index is 12.4. The summed E-state index contributed by atoms with van der Waals surface area (Å²) < 4.78 is 0. The summed E-state index contributed by atoms with van der Waals surface area (Å²) in [6.07, 6.45) is 4.57. The Hall–Kier alpha value is -1.42. The van der Waals surface area contributed by atoms with Gasteiger partial charge in [-0.1, -0.05) is 62.3 Å². The number of carbonyl (C=O) groups is 1. The van der Waals surface area contributed by atoms with E-state index in [-0.39, 0.29) is 5.91 Å². The molecule has 3 nitrogen and oxygen atoms in total. The molecule has 1 aliphatic rings. The third-order valence-corrected chi connectivity index (χ3v) is 4.99. The van der Waals surface area contributed by atoms with Crippen molar-refractivity contribution < 1.29 is 4.79 Å². The molecule has 0 saturated heterocycles. The van der Waals surface area contributed by atoms with Crippen LogP contribution in [0.2, 0.25) is 0 Å². The molecule has 0 aliphatic heterocycles. The predicted molar refractivity (Wildman–Crippen MR) is 90.2 cm³/mol. The first-order chi connectivity index (χ1) is 10.1. The lowest BCUT2D eigenvalue weighted by Crippen LogP contribution is -2.47. The lowest BCUT2D eigenvalue weighted by atomic mass is 9.85. The fourth-order valence-electron chi connectivity index (χ4n) is 3.08. The molecule has 3 N–H and O–H groups in total. The minimum atomic E-state index is -0.592. The molecule has 1 aromatic rings. The molecule has 1 saturated carbocycles. The van der Waals surface area contributed by atoms with Gasteiger partial charge in [-0.3, -0.25) is 4.79 Å². The Morgan fingerprint density at radius 3 is 2.52 bits per heavy atom. The van der Waals surface area contributed by atoms with E-state index in [1.54, 1.807) is 0 Å². The van der Waals surface area contributed by atoms with Crippen molar-refractivity contribution in [2.24, 2.45) is 11.1 Å². The van der Waals surface area contributed by atoms with E-state index in [9.17, 15) is 4.79 Å².